The van der Waals surface area contributed by atoms with Gasteiger partial charge in [-0.2, -0.15) is 0 Å². The highest BCUT2D eigenvalue weighted by Crippen LogP contribution is 2.18. The Morgan fingerprint density at radius 1 is 1.00 bits per heavy atom. The van der Waals surface area contributed by atoms with Gasteiger partial charge in [0.2, 0.25) is 11.8 Å². The summed E-state index contributed by atoms with van der Waals surface area (Å²) in [7, 11) is 0. The van der Waals surface area contributed by atoms with E-state index in [-0.39, 0.29) is 18.4 Å². The van der Waals surface area contributed by atoms with Gasteiger partial charge in [-0.15, -0.1) is 0 Å². The van der Waals surface area contributed by atoms with E-state index in [4.69, 9.17) is 5.73 Å². The molecule has 0 fully saturated rings. The zero-order chi connectivity index (χ0) is 17.5. The minimum absolute atomic E-state index is 0.102. The Balaban J connectivity index is 1.84. The summed E-state index contributed by atoms with van der Waals surface area (Å²) in [5.74, 6) is -0.608. The average Bonchev–Trinajstić information content (AvgIpc) is 2.57. The molecule has 1 unspecified atom stereocenters. The van der Waals surface area contributed by atoms with E-state index in [0.717, 1.165) is 22.4 Å². The van der Waals surface area contributed by atoms with E-state index in [0.29, 0.717) is 6.42 Å². The molecule has 0 saturated carbocycles. The molecule has 2 rings (SSSR count). The van der Waals surface area contributed by atoms with E-state index in [1.54, 1.807) is 0 Å². The minimum atomic E-state index is -0.680. The molecule has 126 valence electrons. The molecule has 0 bridgehead atoms. The lowest BCUT2D eigenvalue weighted by molar-refractivity contribution is -0.125. The predicted molar refractivity (Wildman–Crippen MR) is 95.7 cm³/mol. The molecule has 2 aromatic rings. The van der Waals surface area contributed by atoms with Crippen molar-refractivity contribution >= 4 is 17.5 Å². The van der Waals surface area contributed by atoms with Crippen LogP contribution in [0.1, 0.15) is 16.7 Å². The number of aryl methyl sites for hydroxylation is 2. The van der Waals surface area contributed by atoms with Gasteiger partial charge in [0.05, 0.1) is 12.6 Å². The first-order valence-electron chi connectivity index (χ1n) is 7.90. The van der Waals surface area contributed by atoms with Crippen molar-refractivity contribution in [3.05, 3.63) is 65.2 Å². The molecule has 2 amide bonds. The number of nitrogens with two attached hydrogens (primary N) is 1. The van der Waals surface area contributed by atoms with Gasteiger partial charge in [0.25, 0.3) is 0 Å². The first-order chi connectivity index (χ1) is 11.5. The van der Waals surface area contributed by atoms with Crippen molar-refractivity contribution in [3.8, 4) is 0 Å². The third-order valence-corrected chi connectivity index (χ3v) is 3.80. The van der Waals surface area contributed by atoms with E-state index in [2.05, 4.69) is 10.6 Å². The summed E-state index contributed by atoms with van der Waals surface area (Å²) >= 11 is 0. The Hall–Kier alpha value is -2.66. The summed E-state index contributed by atoms with van der Waals surface area (Å²) in [4.78, 5) is 24.1. The predicted octanol–water partition coefficient (Wildman–Crippen LogP) is 1.93. The standard InChI is InChI=1S/C19H23N3O2/c1-13-7-6-8-14(2)18(13)22-17(23)12-21-19(24)16(20)11-15-9-4-3-5-10-15/h3-10,16H,11-12,20H2,1-2H3,(H,21,24)(H,22,23). The molecular formula is C19H23N3O2. The number of hydrogen-bond acceptors (Lipinski definition) is 3. The Morgan fingerprint density at radius 3 is 2.25 bits per heavy atom. The number of anilines is 1. The van der Waals surface area contributed by atoms with Crippen molar-refractivity contribution in [2.75, 3.05) is 11.9 Å². The highest BCUT2D eigenvalue weighted by atomic mass is 16.2. The van der Waals surface area contributed by atoms with E-state index < -0.39 is 6.04 Å². The minimum Gasteiger partial charge on any atom is -0.346 e. The van der Waals surface area contributed by atoms with Crippen LogP contribution in [0.15, 0.2) is 48.5 Å². The fourth-order valence-electron chi connectivity index (χ4n) is 2.45. The van der Waals surface area contributed by atoms with Crippen LogP contribution >= 0.6 is 0 Å². The number of para-hydroxylation sites is 1. The molecule has 0 aromatic heterocycles. The van der Waals surface area contributed by atoms with Crippen molar-refractivity contribution in [3.63, 3.8) is 0 Å². The maximum atomic E-state index is 12.0. The number of carbonyl (C=O) groups is 2. The van der Waals surface area contributed by atoms with Crippen LogP contribution in [-0.2, 0) is 16.0 Å². The zero-order valence-electron chi connectivity index (χ0n) is 14.0. The Kier molecular flexibility index (Phi) is 6.09. The zero-order valence-corrected chi connectivity index (χ0v) is 14.0. The lowest BCUT2D eigenvalue weighted by Gasteiger charge is -2.14. The molecule has 0 heterocycles. The van der Waals surface area contributed by atoms with Crippen molar-refractivity contribution < 1.29 is 9.59 Å². The molecule has 0 spiro atoms. The second-order valence-corrected chi connectivity index (χ2v) is 5.83. The van der Waals surface area contributed by atoms with Crippen LogP contribution in [0.3, 0.4) is 0 Å². The van der Waals surface area contributed by atoms with Crippen LogP contribution in [0.25, 0.3) is 0 Å². The largest absolute Gasteiger partial charge is 0.346 e. The SMILES string of the molecule is Cc1cccc(C)c1NC(=O)CNC(=O)C(N)Cc1ccccc1. The fraction of sp³-hybridized carbons (Fsp3) is 0.263. The topological polar surface area (TPSA) is 84.2 Å². The van der Waals surface area contributed by atoms with Crippen molar-refractivity contribution in [2.45, 2.75) is 26.3 Å². The molecule has 0 aliphatic heterocycles. The average molecular weight is 325 g/mol. The van der Waals surface area contributed by atoms with Gasteiger partial charge in [0, 0.05) is 5.69 Å². The molecule has 0 aliphatic carbocycles. The van der Waals surface area contributed by atoms with E-state index >= 15 is 0 Å². The molecule has 24 heavy (non-hydrogen) atoms. The number of nitrogens with one attached hydrogen (secondary N) is 2. The summed E-state index contributed by atoms with van der Waals surface area (Å²) in [6, 6.07) is 14.7. The summed E-state index contributed by atoms with van der Waals surface area (Å²) in [5.41, 5.74) is 9.63. The van der Waals surface area contributed by atoms with Crippen LogP contribution in [0.2, 0.25) is 0 Å². The fourth-order valence-corrected chi connectivity index (χ4v) is 2.45. The second kappa shape index (κ2) is 8.26. The van der Waals surface area contributed by atoms with Gasteiger partial charge in [-0.25, -0.2) is 0 Å². The first kappa shape index (κ1) is 17.7. The summed E-state index contributed by atoms with van der Waals surface area (Å²) < 4.78 is 0. The summed E-state index contributed by atoms with van der Waals surface area (Å²) in [6.45, 7) is 3.75. The van der Waals surface area contributed by atoms with Gasteiger partial charge >= 0.3 is 0 Å². The number of amides is 2. The van der Waals surface area contributed by atoms with Gasteiger partial charge < -0.3 is 16.4 Å². The van der Waals surface area contributed by atoms with Crippen molar-refractivity contribution in [1.29, 1.82) is 0 Å². The maximum absolute atomic E-state index is 12.0. The van der Waals surface area contributed by atoms with E-state index in [9.17, 15) is 9.59 Å². The van der Waals surface area contributed by atoms with Crippen molar-refractivity contribution in [1.82, 2.24) is 5.32 Å². The van der Waals surface area contributed by atoms with Crippen LogP contribution in [-0.4, -0.2) is 24.4 Å². The molecule has 5 heteroatoms. The van der Waals surface area contributed by atoms with Gasteiger partial charge in [-0.1, -0.05) is 48.5 Å². The van der Waals surface area contributed by atoms with Crippen LogP contribution in [0, 0.1) is 13.8 Å². The quantitative estimate of drug-likeness (QED) is 0.759. The lowest BCUT2D eigenvalue weighted by atomic mass is 10.1. The first-order valence-corrected chi connectivity index (χ1v) is 7.90. The van der Waals surface area contributed by atoms with Gasteiger partial charge in [0.1, 0.15) is 0 Å². The van der Waals surface area contributed by atoms with Gasteiger partial charge in [-0.05, 0) is 37.0 Å². The molecule has 0 radical (unpaired) electrons. The number of rotatable bonds is 6. The smallest absolute Gasteiger partial charge is 0.243 e. The van der Waals surface area contributed by atoms with Gasteiger partial charge in [-0.3, -0.25) is 9.59 Å². The molecule has 2 aromatic carbocycles. The van der Waals surface area contributed by atoms with Crippen LogP contribution in [0.4, 0.5) is 5.69 Å². The summed E-state index contributed by atoms with van der Waals surface area (Å²) in [6.07, 6.45) is 0.436. The highest BCUT2D eigenvalue weighted by molar-refractivity contribution is 5.96. The molecule has 1 atom stereocenters. The molecular weight excluding hydrogens is 302 g/mol. The molecule has 0 aliphatic rings. The summed E-state index contributed by atoms with van der Waals surface area (Å²) in [5, 5.41) is 5.41. The third-order valence-electron chi connectivity index (χ3n) is 3.80. The number of carbonyl (C=O) groups excluding carboxylic acids is 2. The monoisotopic (exact) mass is 325 g/mol. The van der Waals surface area contributed by atoms with Crippen LogP contribution in [0.5, 0.6) is 0 Å². The Labute approximate surface area is 142 Å². The van der Waals surface area contributed by atoms with E-state index in [1.165, 1.54) is 0 Å². The van der Waals surface area contributed by atoms with Gasteiger partial charge in [0.15, 0.2) is 0 Å². The Bertz CT molecular complexity index is 694. The lowest BCUT2D eigenvalue weighted by Crippen LogP contribution is -2.44. The molecule has 5 nitrogen and oxygen atoms in total. The third kappa shape index (κ3) is 4.93. The Morgan fingerprint density at radius 2 is 1.62 bits per heavy atom. The van der Waals surface area contributed by atoms with E-state index in [1.807, 2.05) is 62.4 Å². The second-order valence-electron chi connectivity index (χ2n) is 5.83. The highest BCUT2D eigenvalue weighted by Gasteiger charge is 2.15. The van der Waals surface area contributed by atoms with Crippen LogP contribution < -0.4 is 16.4 Å². The number of benzene rings is 2. The molecule has 4 N–H and O–H groups in total. The maximum Gasteiger partial charge on any atom is 0.243 e. The molecule has 0 saturated heterocycles. The van der Waals surface area contributed by atoms with Crippen molar-refractivity contribution in [2.24, 2.45) is 5.73 Å². The normalized spacial score (nSPS) is 11.6. The number of hydrogen-bond donors (Lipinski definition) is 3.